The number of hydrogen-bond donors (Lipinski definition) is 1. The van der Waals surface area contributed by atoms with Gasteiger partial charge in [-0.3, -0.25) is 4.79 Å². The summed E-state index contributed by atoms with van der Waals surface area (Å²) >= 11 is 0. The van der Waals surface area contributed by atoms with Crippen LogP contribution in [0, 0.1) is 11.8 Å². The number of piperazine rings is 1. The van der Waals surface area contributed by atoms with Crippen molar-refractivity contribution in [3.8, 4) is 11.3 Å². The van der Waals surface area contributed by atoms with Crippen LogP contribution < -0.4 is 5.32 Å². The van der Waals surface area contributed by atoms with Gasteiger partial charge >= 0.3 is 0 Å². The van der Waals surface area contributed by atoms with E-state index in [2.05, 4.69) is 37.3 Å². The molecule has 8 heteroatoms. The highest BCUT2D eigenvalue weighted by Crippen LogP contribution is 2.31. The molecule has 0 radical (unpaired) electrons. The van der Waals surface area contributed by atoms with Crippen LogP contribution in [0.5, 0.6) is 0 Å². The summed E-state index contributed by atoms with van der Waals surface area (Å²) in [4.78, 5) is 21.8. The Hall–Kier alpha value is -2.84. The molecule has 1 N–H and O–H groups in total. The molecule has 32 heavy (non-hydrogen) atoms. The van der Waals surface area contributed by atoms with Crippen LogP contribution in [-0.2, 0) is 4.79 Å². The SMILES string of the molecule is CN1CCN(C[C@H]2CC[C@H](C(=O)Nc3cc4cc(-c5cnco5)ccc4nn3)CC2)CC1. The molecule has 0 atom stereocenters. The van der Waals surface area contributed by atoms with Crippen LogP contribution in [0.25, 0.3) is 22.2 Å². The summed E-state index contributed by atoms with van der Waals surface area (Å²) in [6.45, 7) is 5.81. The van der Waals surface area contributed by atoms with Gasteiger partial charge in [-0.2, -0.15) is 0 Å². The first-order chi connectivity index (χ1) is 15.6. The molecule has 1 aromatic carbocycles. The van der Waals surface area contributed by atoms with Crippen LogP contribution in [-0.4, -0.2) is 70.7 Å². The van der Waals surface area contributed by atoms with Crippen molar-refractivity contribution >= 4 is 22.6 Å². The number of nitrogens with zero attached hydrogens (tertiary/aromatic N) is 5. The van der Waals surface area contributed by atoms with E-state index >= 15 is 0 Å². The predicted octanol–water partition coefficient (Wildman–Crippen LogP) is 3.28. The van der Waals surface area contributed by atoms with E-state index in [1.54, 1.807) is 6.20 Å². The molecular weight excluding hydrogens is 404 g/mol. The minimum Gasteiger partial charge on any atom is -0.444 e. The highest BCUT2D eigenvalue weighted by Gasteiger charge is 2.28. The Kier molecular flexibility index (Phi) is 6.14. The second-order valence-corrected chi connectivity index (χ2v) is 9.18. The zero-order valence-corrected chi connectivity index (χ0v) is 18.5. The van der Waals surface area contributed by atoms with E-state index in [0.717, 1.165) is 68.3 Å². The van der Waals surface area contributed by atoms with E-state index in [0.29, 0.717) is 17.5 Å². The van der Waals surface area contributed by atoms with E-state index in [9.17, 15) is 4.79 Å². The molecular formula is C24H30N6O2. The average molecular weight is 435 g/mol. The summed E-state index contributed by atoms with van der Waals surface area (Å²) in [6.07, 6.45) is 7.22. The second kappa shape index (κ2) is 9.34. The van der Waals surface area contributed by atoms with Crippen LogP contribution in [0.15, 0.2) is 41.3 Å². The van der Waals surface area contributed by atoms with E-state index in [-0.39, 0.29) is 11.8 Å². The maximum atomic E-state index is 12.9. The van der Waals surface area contributed by atoms with Crippen molar-refractivity contribution in [2.75, 3.05) is 45.1 Å². The monoisotopic (exact) mass is 434 g/mol. The summed E-state index contributed by atoms with van der Waals surface area (Å²) in [5.74, 6) is 2.01. The minimum atomic E-state index is 0.0526. The summed E-state index contributed by atoms with van der Waals surface area (Å²) in [7, 11) is 2.19. The number of anilines is 1. The fourth-order valence-electron chi connectivity index (χ4n) is 4.85. The first-order valence-corrected chi connectivity index (χ1v) is 11.5. The van der Waals surface area contributed by atoms with Crippen molar-refractivity contribution in [3.05, 3.63) is 36.9 Å². The number of rotatable bonds is 5. The van der Waals surface area contributed by atoms with Crippen molar-refractivity contribution in [2.45, 2.75) is 25.7 Å². The summed E-state index contributed by atoms with van der Waals surface area (Å²) in [5.41, 5.74) is 1.69. The first-order valence-electron chi connectivity index (χ1n) is 11.5. The van der Waals surface area contributed by atoms with Gasteiger partial charge in [0.05, 0.1) is 11.7 Å². The normalized spacial score (nSPS) is 22.8. The minimum absolute atomic E-state index is 0.0526. The highest BCUT2D eigenvalue weighted by atomic mass is 16.3. The molecule has 1 amide bonds. The topological polar surface area (TPSA) is 87.4 Å². The third kappa shape index (κ3) is 4.81. The van der Waals surface area contributed by atoms with Crippen molar-refractivity contribution in [2.24, 2.45) is 11.8 Å². The second-order valence-electron chi connectivity index (χ2n) is 9.18. The van der Waals surface area contributed by atoms with Crippen molar-refractivity contribution in [1.82, 2.24) is 25.0 Å². The van der Waals surface area contributed by atoms with Gasteiger partial charge in [0.15, 0.2) is 18.0 Å². The van der Waals surface area contributed by atoms with E-state index in [1.165, 1.54) is 12.9 Å². The standard InChI is InChI=1S/C24H30N6O2/c1-29-8-10-30(11-9-29)15-17-2-4-18(5-3-17)24(31)26-23-13-20-12-19(22-14-25-16-32-22)6-7-21(20)27-28-23/h6-7,12-14,16-18H,2-5,8-11,15H2,1H3,(H,26,28,31)/t17-,18-. The van der Waals surface area contributed by atoms with E-state index in [1.807, 2.05) is 24.3 Å². The molecule has 0 unspecified atom stereocenters. The Balaban J connectivity index is 1.17. The molecule has 3 heterocycles. The lowest BCUT2D eigenvalue weighted by Gasteiger charge is -2.36. The molecule has 168 valence electrons. The molecule has 8 nitrogen and oxygen atoms in total. The van der Waals surface area contributed by atoms with Gasteiger partial charge in [0.2, 0.25) is 5.91 Å². The van der Waals surface area contributed by atoms with Gasteiger partial charge in [0, 0.05) is 49.6 Å². The molecule has 1 aliphatic carbocycles. The Bertz CT molecular complexity index is 1050. The number of aromatic nitrogens is 3. The number of carbonyl (C=O) groups excluding carboxylic acids is 1. The van der Waals surface area contributed by atoms with Crippen LogP contribution >= 0.6 is 0 Å². The molecule has 3 aromatic rings. The third-order valence-electron chi connectivity index (χ3n) is 6.88. The van der Waals surface area contributed by atoms with E-state index < -0.39 is 0 Å². The number of nitrogens with one attached hydrogen (secondary N) is 1. The van der Waals surface area contributed by atoms with Gasteiger partial charge in [0.25, 0.3) is 0 Å². The lowest BCUT2D eigenvalue weighted by molar-refractivity contribution is -0.121. The summed E-state index contributed by atoms with van der Waals surface area (Å²) in [5, 5.41) is 12.4. The third-order valence-corrected chi connectivity index (χ3v) is 6.88. The Morgan fingerprint density at radius 1 is 1.09 bits per heavy atom. The average Bonchev–Trinajstić information content (AvgIpc) is 3.36. The number of amides is 1. The number of benzene rings is 1. The fourth-order valence-corrected chi connectivity index (χ4v) is 4.85. The van der Waals surface area contributed by atoms with Crippen LogP contribution in [0.1, 0.15) is 25.7 Å². The van der Waals surface area contributed by atoms with Crippen molar-refractivity contribution < 1.29 is 9.21 Å². The predicted molar refractivity (Wildman–Crippen MR) is 123 cm³/mol. The first kappa shape index (κ1) is 21.0. The number of fused-ring (bicyclic) bond motifs is 1. The number of oxazole rings is 1. The largest absolute Gasteiger partial charge is 0.444 e. The number of hydrogen-bond acceptors (Lipinski definition) is 7. The zero-order valence-electron chi connectivity index (χ0n) is 18.5. The van der Waals surface area contributed by atoms with Gasteiger partial charge in [-0.25, -0.2) is 4.98 Å². The molecule has 5 rings (SSSR count). The molecule has 2 aromatic heterocycles. The molecule has 0 spiro atoms. The summed E-state index contributed by atoms with van der Waals surface area (Å²) in [6, 6.07) is 7.67. The Labute approximate surface area is 188 Å². The molecule has 1 saturated carbocycles. The van der Waals surface area contributed by atoms with Crippen LogP contribution in [0.3, 0.4) is 0 Å². The lowest BCUT2D eigenvalue weighted by Crippen LogP contribution is -2.46. The number of likely N-dealkylation sites (N-methyl/N-ethyl adjacent to an activating group) is 1. The smallest absolute Gasteiger partial charge is 0.228 e. The van der Waals surface area contributed by atoms with Crippen molar-refractivity contribution in [1.29, 1.82) is 0 Å². The van der Waals surface area contributed by atoms with Crippen LogP contribution in [0.2, 0.25) is 0 Å². The Morgan fingerprint density at radius 3 is 2.66 bits per heavy atom. The highest BCUT2D eigenvalue weighted by molar-refractivity contribution is 5.94. The van der Waals surface area contributed by atoms with Gasteiger partial charge in [-0.15, -0.1) is 10.2 Å². The molecule has 0 bridgehead atoms. The zero-order chi connectivity index (χ0) is 21.9. The molecule has 2 aliphatic rings. The van der Waals surface area contributed by atoms with Gasteiger partial charge in [0.1, 0.15) is 0 Å². The van der Waals surface area contributed by atoms with Gasteiger partial charge in [-0.05, 0) is 62.9 Å². The molecule has 1 saturated heterocycles. The fraction of sp³-hybridized carbons (Fsp3) is 0.500. The quantitative estimate of drug-likeness (QED) is 0.659. The van der Waals surface area contributed by atoms with Gasteiger partial charge < -0.3 is 19.5 Å². The molecule has 2 fully saturated rings. The Morgan fingerprint density at radius 2 is 1.91 bits per heavy atom. The van der Waals surface area contributed by atoms with E-state index in [4.69, 9.17) is 4.42 Å². The molecule has 1 aliphatic heterocycles. The number of carbonyl (C=O) groups is 1. The van der Waals surface area contributed by atoms with Crippen LogP contribution in [0.4, 0.5) is 5.82 Å². The maximum Gasteiger partial charge on any atom is 0.228 e. The van der Waals surface area contributed by atoms with Crippen molar-refractivity contribution in [3.63, 3.8) is 0 Å². The van der Waals surface area contributed by atoms with Gasteiger partial charge in [-0.1, -0.05) is 0 Å². The maximum absolute atomic E-state index is 12.9. The lowest BCUT2D eigenvalue weighted by atomic mass is 9.81. The summed E-state index contributed by atoms with van der Waals surface area (Å²) < 4.78 is 5.38.